The molecule has 1 unspecified atom stereocenters. The number of piperidine rings is 1. The van der Waals surface area contributed by atoms with Crippen LogP contribution >= 0.6 is 11.6 Å². The van der Waals surface area contributed by atoms with Crippen LogP contribution in [0.5, 0.6) is 0 Å². The first-order valence-corrected chi connectivity index (χ1v) is 10.1. The van der Waals surface area contributed by atoms with E-state index in [-0.39, 0.29) is 11.3 Å². The predicted octanol–water partition coefficient (Wildman–Crippen LogP) is 4.08. The molecule has 1 aromatic carbocycles. The predicted molar refractivity (Wildman–Crippen MR) is 106 cm³/mol. The van der Waals surface area contributed by atoms with Gasteiger partial charge in [0.15, 0.2) is 0 Å². The van der Waals surface area contributed by atoms with E-state index in [9.17, 15) is 4.79 Å². The minimum atomic E-state index is 0.0931. The van der Waals surface area contributed by atoms with Crippen LogP contribution in [0.2, 0.25) is 5.02 Å². The van der Waals surface area contributed by atoms with Crippen LogP contribution in [0.3, 0.4) is 0 Å². The number of hydrogen-bond donors (Lipinski definition) is 0. The summed E-state index contributed by atoms with van der Waals surface area (Å²) in [6, 6.07) is 7.79. The fourth-order valence-electron chi connectivity index (χ4n) is 3.98. The molecule has 1 aromatic rings. The van der Waals surface area contributed by atoms with Crippen LogP contribution in [0.4, 0.5) is 0 Å². The van der Waals surface area contributed by atoms with Crippen molar-refractivity contribution >= 4 is 17.5 Å². The van der Waals surface area contributed by atoms with Gasteiger partial charge in [-0.05, 0) is 70.2 Å². The van der Waals surface area contributed by atoms with E-state index < -0.39 is 0 Å². The lowest BCUT2D eigenvalue weighted by Gasteiger charge is -2.46. The molecular formula is C21H31ClN2O2. The van der Waals surface area contributed by atoms with Gasteiger partial charge in [-0.15, -0.1) is 0 Å². The maximum atomic E-state index is 12.7. The van der Waals surface area contributed by atoms with Gasteiger partial charge in [0.05, 0.1) is 12.7 Å². The van der Waals surface area contributed by atoms with E-state index in [2.05, 4.69) is 25.8 Å². The van der Waals surface area contributed by atoms with Gasteiger partial charge in [-0.25, -0.2) is 0 Å². The molecule has 2 saturated heterocycles. The Hall–Kier alpha value is -1.10. The Kier molecular flexibility index (Phi) is 6.26. The molecule has 5 heteroatoms. The number of rotatable bonds is 4. The fourth-order valence-corrected chi connectivity index (χ4v) is 4.17. The van der Waals surface area contributed by atoms with E-state index in [0.717, 1.165) is 45.5 Å². The van der Waals surface area contributed by atoms with Gasteiger partial charge in [0.25, 0.3) is 5.91 Å². The summed E-state index contributed by atoms with van der Waals surface area (Å²) in [7, 11) is 2.17. The molecule has 1 atom stereocenters. The highest BCUT2D eigenvalue weighted by molar-refractivity contribution is 6.30. The first kappa shape index (κ1) is 19.7. The fraction of sp³-hybridized carbons (Fsp3) is 0.667. The smallest absolute Gasteiger partial charge is 0.253 e. The van der Waals surface area contributed by atoms with Gasteiger partial charge >= 0.3 is 0 Å². The number of likely N-dealkylation sites (tertiary alicyclic amines) is 1. The van der Waals surface area contributed by atoms with Gasteiger partial charge < -0.3 is 14.5 Å². The number of nitrogens with zero attached hydrogens (tertiary/aromatic N) is 2. The number of amides is 1. The number of carbonyl (C=O) groups excluding carboxylic acids is 1. The number of benzene rings is 1. The van der Waals surface area contributed by atoms with Crippen LogP contribution in [0.25, 0.3) is 0 Å². The van der Waals surface area contributed by atoms with E-state index in [1.165, 1.54) is 6.42 Å². The van der Waals surface area contributed by atoms with Crippen molar-refractivity contribution in [2.75, 3.05) is 33.3 Å². The molecular weight excluding hydrogens is 348 g/mol. The number of carbonyl (C=O) groups is 1. The molecule has 0 aromatic heterocycles. The average molecular weight is 379 g/mol. The van der Waals surface area contributed by atoms with E-state index in [4.69, 9.17) is 16.3 Å². The molecule has 0 N–H and O–H groups in total. The summed E-state index contributed by atoms with van der Waals surface area (Å²) in [5, 5.41) is 0.613. The first-order chi connectivity index (χ1) is 12.4. The zero-order valence-corrected chi connectivity index (χ0v) is 17.0. The second-order valence-corrected chi connectivity index (χ2v) is 8.74. The first-order valence-electron chi connectivity index (χ1n) is 9.75. The van der Waals surface area contributed by atoms with Gasteiger partial charge in [0, 0.05) is 36.3 Å². The Bertz CT molecular complexity index is 616. The zero-order chi connectivity index (χ0) is 18.7. The Labute approximate surface area is 162 Å². The molecule has 1 amide bonds. The molecule has 2 aliphatic heterocycles. The minimum Gasteiger partial charge on any atom is -0.376 e. The summed E-state index contributed by atoms with van der Waals surface area (Å²) < 4.78 is 6.23. The van der Waals surface area contributed by atoms with Crippen molar-refractivity contribution in [2.24, 2.45) is 5.41 Å². The van der Waals surface area contributed by atoms with Crippen molar-refractivity contribution in [1.29, 1.82) is 0 Å². The molecule has 1 spiro atoms. The molecule has 0 aliphatic carbocycles. The lowest BCUT2D eigenvalue weighted by molar-refractivity contribution is -0.0915. The van der Waals surface area contributed by atoms with Crippen LogP contribution in [-0.4, -0.2) is 61.1 Å². The van der Waals surface area contributed by atoms with Crippen LogP contribution in [0.15, 0.2) is 24.3 Å². The number of halogens is 1. The molecule has 144 valence electrons. The number of ether oxygens (including phenoxy) is 1. The van der Waals surface area contributed by atoms with Crippen LogP contribution in [0.1, 0.15) is 49.9 Å². The second kappa shape index (κ2) is 8.28. The normalized spacial score (nSPS) is 23.0. The minimum absolute atomic E-state index is 0.0931. The monoisotopic (exact) mass is 378 g/mol. The summed E-state index contributed by atoms with van der Waals surface area (Å²) in [6.45, 7) is 7.90. The third-order valence-electron chi connectivity index (χ3n) is 6.18. The quantitative estimate of drug-likeness (QED) is 0.791. The average Bonchev–Trinajstić information content (AvgIpc) is 2.64. The third kappa shape index (κ3) is 4.59. The lowest BCUT2D eigenvalue weighted by atomic mass is 9.73. The zero-order valence-electron chi connectivity index (χ0n) is 16.2. The summed E-state index contributed by atoms with van der Waals surface area (Å²) in [4.78, 5) is 17.0. The lowest BCUT2D eigenvalue weighted by Crippen LogP contribution is -2.49. The Balaban J connectivity index is 1.50. The summed E-state index contributed by atoms with van der Waals surface area (Å²) in [5.74, 6) is 0.0931. The Morgan fingerprint density at radius 1 is 1.35 bits per heavy atom. The van der Waals surface area contributed by atoms with Gasteiger partial charge in [-0.2, -0.15) is 0 Å². The third-order valence-corrected chi connectivity index (χ3v) is 6.41. The highest BCUT2D eigenvalue weighted by atomic mass is 35.5. The Morgan fingerprint density at radius 2 is 2.08 bits per heavy atom. The molecule has 3 rings (SSSR count). The highest BCUT2D eigenvalue weighted by Gasteiger charge is 2.40. The standard InChI is InChI=1S/C21H31ClN2O2/c1-16(2)23(3)14-19-7-8-21(15-26-19)9-11-24(12-10-21)20(25)17-5-4-6-18(22)13-17/h4-6,13,16,19H,7-12,14-15H2,1-3H3. The molecule has 2 fully saturated rings. The maximum absolute atomic E-state index is 12.7. The van der Waals surface area contributed by atoms with Crippen molar-refractivity contribution in [3.8, 4) is 0 Å². The molecule has 2 aliphatic rings. The van der Waals surface area contributed by atoms with Crippen LogP contribution in [-0.2, 0) is 4.74 Å². The SMILES string of the molecule is CC(C)N(C)CC1CCC2(CCN(C(=O)c3cccc(Cl)c3)CC2)CO1. The van der Waals surface area contributed by atoms with Crippen molar-refractivity contribution < 1.29 is 9.53 Å². The summed E-state index contributed by atoms with van der Waals surface area (Å²) >= 11 is 6.02. The maximum Gasteiger partial charge on any atom is 0.253 e. The van der Waals surface area contributed by atoms with E-state index in [1.807, 2.05) is 17.0 Å². The highest BCUT2D eigenvalue weighted by Crippen LogP contribution is 2.41. The van der Waals surface area contributed by atoms with Crippen LogP contribution in [0, 0.1) is 5.41 Å². The number of hydrogen-bond acceptors (Lipinski definition) is 3. The van der Waals surface area contributed by atoms with Gasteiger partial charge in [-0.1, -0.05) is 17.7 Å². The molecule has 26 heavy (non-hydrogen) atoms. The van der Waals surface area contributed by atoms with Crippen molar-refractivity contribution in [3.63, 3.8) is 0 Å². The van der Waals surface area contributed by atoms with Crippen molar-refractivity contribution in [1.82, 2.24) is 9.80 Å². The largest absolute Gasteiger partial charge is 0.376 e. The van der Waals surface area contributed by atoms with Gasteiger partial charge in [0.2, 0.25) is 0 Å². The molecule has 0 bridgehead atoms. The molecule has 4 nitrogen and oxygen atoms in total. The van der Waals surface area contributed by atoms with Gasteiger partial charge in [0.1, 0.15) is 0 Å². The second-order valence-electron chi connectivity index (χ2n) is 8.31. The van der Waals surface area contributed by atoms with Crippen LogP contribution < -0.4 is 0 Å². The number of likely N-dealkylation sites (N-methyl/N-ethyl adjacent to an activating group) is 1. The molecule has 2 heterocycles. The van der Waals surface area contributed by atoms with Crippen molar-refractivity contribution in [2.45, 2.75) is 51.7 Å². The van der Waals surface area contributed by atoms with E-state index >= 15 is 0 Å². The summed E-state index contributed by atoms with van der Waals surface area (Å²) in [5.41, 5.74) is 0.947. The van der Waals surface area contributed by atoms with Crippen molar-refractivity contribution in [3.05, 3.63) is 34.9 Å². The van der Waals surface area contributed by atoms with E-state index in [1.54, 1.807) is 12.1 Å². The van der Waals surface area contributed by atoms with Gasteiger partial charge in [-0.3, -0.25) is 4.79 Å². The van der Waals surface area contributed by atoms with E-state index in [0.29, 0.717) is 22.7 Å². The molecule has 0 saturated carbocycles. The molecule has 0 radical (unpaired) electrons. The Morgan fingerprint density at radius 3 is 2.65 bits per heavy atom. The topological polar surface area (TPSA) is 32.8 Å². The summed E-state index contributed by atoms with van der Waals surface area (Å²) in [6.07, 6.45) is 4.75.